The molecule has 0 aliphatic carbocycles. The molecule has 0 unspecified atom stereocenters. The highest BCUT2D eigenvalue weighted by Gasteiger charge is 2.38. The second-order valence-electron chi connectivity index (χ2n) is 6.44. The maximum absolute atomic E-state index is 12.8. The van der Waals surface area contributed by atoms with Gasteiger partial charge in [-0.05, 0) is 49.7 Å². The zero-order chi connectivity index (χ0) is 22.3. The van der Waals surface area contributed by atoms with Crippen molar-refractivity contribution in [2.24, 2.45) is 0 Å². The van der Waals surface area contributed by atoms with Gasteiger partial charge in [0.05, 0.1) is 24.9 Å². The van der Waals surface area contributed by atoms with Crippen molar-refractivity contribution in [3.8, 4) is 11.5 Å². The van der Waals surface area contributed by atoms with Crippen LogP contribution in [0.5, 0.6) is 11.5 Å². The van der Waals surface area contributed by atoms with Gasteiger partial charge in [-0.3, -0.25) is 4.68 Å². The first-order chi connectivity index (χ1) is 14.2. The zero-order valence-corrected chi connectivity index (χ0v) is 18.5. The predicted octanol–water partition coefficient (Wildman–Crippen LogP) is 3.98. The average molecular weight is 465 g/mol. The van der Waals surface area contributed by atoms with Crippen LogP contribution in [-0.4, -0.2) is 42.2 Å². The van der Waals surface area contributed by atoms with Crippen LogP contribution in [0.25, 0.3) is 0 Å². The molecule has 1 heterocycles. The Bertz CT molecular complexity index is 874. The number of rotatable bonds is 9. The van der Waals surface area contributed by atoms with E-state index in [-0.39, 0.29) is 5.02 Å². The number of hydrogen-bond donors (Lipinski definition) is 2. The number of aromatic nitrogens is 2. The minimum Gasteiger partial charge on any atom is -0.493 e. The van der Waals surface area contributed by atoms with Crippen LogP contribution in [0.15, 0.2) is 18.2 Å². The number of nitrogens with one attached hydrogen (secondary N) is 2. The summed E-state index contributed by atoms with van der Waals surface area (Å²) >= 11 is 11.0. The average Bonchev–Trinajstić information content (AvgIpc) is 2.99. The monoisotopic (exact) mass is 464 g/mol. The van der Waals surface area contributed by atoms with Gasteiger partial charge in [-0.25, -0.2) is 0 Å². The van der Waals surface area contributed by atoms with Gasteiger partial charge in [0.25, 0.3) is 0 Å². The van der Waals surface area contributed by atoms with Crippen molar-refractivity contribution in [1.82, 2.24) is 20.4 Å². The molecule has 0 saturated carbocycles. The van der Waals surface area contributed by atoms with Crippen molar-refractivity contribution >= 4 is 28.9 Å². The van der Waals surface area contributed by atoms with Crippen molar-refractivity contribution in [1.29, 1.82) is 0 Å². The van der Waals surface area contributed by atoms with Crippen LogP contribution in [0.4, 0.5) is 13.2 Å². The molecule has 0 fully saturated rings. The highest BCUT2D eigenvalue weighted by atomic mass is 35.5. The van der Waals surface area contributed by atoms with Crippen LogP contribution < -0.4 is 20.1 Å². The number of aryl methyl sites for hydroxylation is 1. The van der Waals surface area contributed by atoms with Crippen molar-refractivity contribution in [3.63, 3.8) is 0 Å². The van der Waals surface area contributed by atoms with Crippen LogP contribution in [-0.2, 0) is 19.1 Å². The van der Waals surface area contributed by atoms with E-state index in [4.69, 9.17) is 33.3 Å². The summed E-state index contributed by atoms with van der Waals surface area (Å²) in [5.41, 5.74) is 0.302. The fourth-order valence-corrected chi connectivity index (χ4v) is 3.22. The van der Waals surface area contributed by atoms with Crippen molar-refractivity contribution < 1.29 is 22.6 Å². The van der Waals surface area contributed by atoms with E-state index in [9.17, 15) is 13.2 Å². The Labute approximate surface area is 183 Å². The summed E-state index contributed by atoms with van der Waals surface area (Å²) in [6, 6.07) is 5.70. The molecule has 1 aromatic carbocycles. The van der Waals surface area contributed by atoms with E-state index in [0.29, 0.717) is 48.4 Å². The lowest BCUT2D eigenvalue weighted by molar-refractivity contribution is -0.141. The summed E-state index contributed by atoms with van der Waals surface area (Å²) in [6.45, 7) is 2.91. The Morgan fingerprint density at radius 3 is 2.43 bits per heavy atom. The molecule has 0 aliphatic heterocycles. The molecule has 0 aliphatic rings. The van der Waals surface area contributed by atoms with E-state index in [1.165, 1.54) is 11.6 Å². The van der Waals surface area contributed by atoms with E-state index in [1.54, 1.807) is 14.2 Å². The molecule has 6 nitrogen and oxygen atoms in total. The molecule has 0 amide bonds. The summed E-state index contributed by atoms with van der Waals surface area (Å²) in [5, 5.41) is 9.81. The van der Waals surface area contributed by atoms with Gasteiger partial charge >= 0.3 is 6.18 Å². The number of nitrogens with zero attached hydrogens (tertiary/aromatic N) is 2. The quantitative estimate of drug-likeness (QED) is 0.432. The van der Waals surface area contributed by atoms with Gasteiger partial charge < -0.3 is 20.1 Å². The number of halogens is 4. The molecule has 30 heavy (non-hydrogen) atoms. The van der Waals surface area contributed by atoms with E-state index in [0.717, 1.165) is 12.0 Å². The second-order valence-corrected chi connectivity index (χ2v) is 7.23. The van der Waals surface area contributed by atoms with E-state index in [2.05, 4.69) is 15.7 Å². The fraction of sp³-hybridized carbons (Fsp3) is 0.474. The SMILES string of the molecule is COc1ccc(CCNC(=S)NCCCn2nc(C(F)(F)F)c(Cl)c2C)cc1OC. The van der Waals surface area contributed by atoms with E-state index >= 15 is 0 Å². The number of hydrogen-bond acceptors (Lipinski definition) is 4. The molecule has 0 radical (unpaired) electrons. The molecule has 2 rings (SSSR count). The van der Waals surface area contributed by atoms with Gasteiger partial charge in [0.1, 0.15) is 0 Å². The minimum absolute atomic E-state index is 0.291. The third-order valence-corrected chi connectivity index (χ3v) is 5.12. The Kier molecular flexibility index (Phi) is 8.60. The summed E-state index contributed by atoms with van der Waals surface area (Å²) in [5.74, 6) is 1.33. The Morgan fingerprint density at radius 1 is 1.17 bits per heavy atom. The van der Waals surface area contributed by atoms with Crippen LogP contribution in [0.3, 0.4) is 0 Å². The molecule has 0 saturated heterocycles. The molecule has 11 heteroatoms. The third-order valence-electron chi connectivity index (χ3n) is 4.38. The first kappa shape index (κ1) is 24.1. The Hall–Kier alpha value is -2.20. The normalized spacial score (nSPS) is 11.3. The standard InChI is InChI=1S/C19H24ClF3N4O2S/c1-12-16(20)17(19(21,22)23)26-27(12)10-4-8-24-18(30)25-9-7-13-5-6-14(28-2)15(11-13)29-3/h5-6,11H,4,7-10H2,1-3H3,(H2,24,25,30). The molecule has 2 aromatic rings. The Morgan fingerprint density at radius 2 is 1.83 bits per heavy atom. The van der Waals surface area contributed by atoms with Crippen LogP contribution in [0.2, 0.25) is 5.02 Å². The van der Waals surface area contributed by atoms with Crippen molar-refractivity contribution in [2.45, 2.75) is 32.5 Å². The summed E-state index contributed by atoms with van der Waals surface area (Å²) in [4.78, 5) is 0. The predicted molar refractivity (Wildman–Crippen MR) is 113 cm³/mol. The molecule has 0 atom stereocenters. The first-order valence-electron chi connectivity index (χ1n) is 9.20. The van der Waals surface area contributed by atoms with Crippen molar-refractivity contribution in [3.05, 3.63) is 40.2 Å². The van der Waals surface area contributed by atoms with E-state index < -0.39 is 11.9 Å². The van der Waals surface area contributed by atoms with Gasteiger partial charge in [0.2, 0.25) is 0 Å². The van der Waals surface area contributed by atoms with Gasteiger partial charge in [0, 0.05) is 19.6 Å². The smallest absolute Gasteiger partial charge is 0.436 e. The van der Waals surface area contributed by atoms with Gasteiger partial charge in [-0.15, -0.1) is 0 Å². The summed E-state index contributed by atoms with van der Waals surface area (Å²) in [6.07, 6.45) is -3.30. The largest absolute Gasteiger partial charge is 0.493 e. The number of methoxy groups -OCH3 is 2. The molecular formula is C19H24ClF3N4O2S. The fourth-order valence-electron chi connectivity index (χ4n) is 2.77. The first-order valence-corrected chi connectivity index (χ1v) is 9.98. The molecule has 1 aromatic heterocycles. The highest BCUT2D eigenvalue weighted by Crippen LogP contribution is 2.35. The van der Waals surface area contributed by atoms with Crippen LogP contribution in [0, 0.1) is 6.92 Å². The van der Waals surface area contributed by atoms with Crippen LogP contribution in [0.1, 0.15) is 23.4 Å². The van der Waals surface area contributed by atoms with Gasteiger partial charge in [-0.2, -0.15) is 18.3 Å². The number of benzene rings is 1. The molecular weight excluding hydrogens is 441 g/mol. The second kappa shape index (κ2) is 10.7. The minimum atomic E-state index is -4.56. The molecule has 0 bridgehead atoms. The van der Waals surface area contributed by atoms with E-state index in [1.807, 2.05) is 18.2 Å². The van der Waals surface area contributed by atoms with Gasteiger partial charge in [-0.1, -0.05) is 17.7 Å². The van der Waals surface area contributed by atoms with Gasteiger partial charge in [0.15, 0.2) is 22.3 Å². The van der Waals surface area contributed by atoms with Crippen LogP contribution >= 0.6 is 23.8 Å². The maximum atomic E-state index is 12.8. The zero-order valence-electron chi connectivity index (χ0n) is 16.9. The van der Waals surface area contributed by atoms with Crippen molar-refractivity contribution in [2.75, 3.05) is 27.3 Å². The third kappa shape index (κ3) is 6.40. The molecule has 0 spiro atoms. The summed E-state index contributed by atoms with van der Waals surface area (Å²) < 4.78 is 50.3. The lowest BCUT2D eigenvalue weighted by Crippen LogP contribution is -2.37. The number of thiocarbonyl (C=S) groups is 1. The lowest BCUT2D eigenvalue weighted by Gasteiger charge is -2.12. The molecule has 2 N–H and O–H groups in total. The maximum Gasteiger partial charge on any atom is 0.436 e. The molecule has 166 valence electrons. The topological polar surface area (TPSA) is 60.3 Å². The summed E-state index contributed by atoms with van der Waals surface area (Å²) in [7, 11) is 3.17. The lowest BCUT2D eigenvalue weighted by atomic mass is 10.1. The Balaban J connectivity index is 1.72. The highest BCUT2D eigenvalue weighted by molar-refractivity contribution is 7.80. The number of alkyl halides is 3. The number of ether oxygens (including phenoxy) is 2.